The van der Waals surface area contributed by atoms with Crippen LogP contribution >= 0.6 is 0 Å². The molecule has 1 nitrogen and oxygen atoms in total. The Kier molecular flexibility index (Phi) is 4.17. The maximum absolute atomic E-state index is 3.76. The van der Waals surface area contributed by atoms with Crippen LogP contribution in [0.1, 0.15) is 36.0 Å². The quantitative estimate of drug-likeness (QED) is 0.834. The van der Waals surface area contributed by atoms with Gasteiger partial charge >= 0.3 is 0 Å². The molecule has 0 amide bonds. The SMILES string of the molecule is CCC(Cc1ccccc1)NCC1Cc2ccccc21. The summed E-state index contributed by atoms with van der Waals surface area (Å²) in [5, 5.41) is 3.76. The van der Waals surface area contributed by atoms with E-state index in [1.165, 1.54) is 24.0 Å². The number of fused-ring (bicyclic) bond motifs is 1. The second-order valence-corrected chi connectivity index (χ2v) is 5.80. The minimum atomic E-state index is 0.588. The van der Waals surface area contributed by atoms with Crippen LogP contribution in [0.15, 0.2) is 54.6 Å². The third-order valence-corrected chi connectivity index (χ3v) is 4.43. The van der Waals surface area contributed by atoms with Gasteiger partial charge in [-0.25, -0.2) is 0 Å². The largest absolute Gasteiger partial charge is 0.313 e. The third-order valence-electron chi connectivity index (χ3n) is 4.43. The topological polar surface area (TPSA) is 12.0 Å². The molecule has 2 aromatic rings. The molecule has 0 fully saturated rings. The van der Waals surface area contributed by atoms with Crippen LogP contribution in [0.3, 0.4) is 0 Å². The van der Waals surface area contributed by atoms with Gasteiger partial charge < -0.3 is 5.32 Å². The summed E-state index contributed by atoms with van der Waals surface area (Å²) in [6, 6.07) is 20.2. The standard InChI is InChI=1S/C19H23N/c1-2-18(12-15-8-4-3-5-9-15)20-14-17-13-16-10-6-7-11-19(16)17/h3-11,17-18,20H,2,12-14H2,1H3. The number of hydrogen-bond acceptors (Lipinski definition) is 1. The first-order valence-corrected chi connectivity index (χ1v) is 7.72. The average molecular weight is 265 g/mol. The minimum absolute atomic E-state index is 0.588. The van der Waals surface area contributed by atoms with Crippen LogP contribution in [0.25, 0.3) is 0 Å². The van der Waals surface area contributed by atoms with Crippen LogP contribution in [-0.4, -0.2) is 12.6 Å². The molecule has 2 unspecified atom stereocenters. The Morgan fingerprint density at radius 3 is 2.55 bits per heavy atom. The lowest BCUT2D eigenvalue weighted by molar-refractivity contribution is 0.447. The molecule has 3 rings (SSSR count). The summed E-state index contributed by atoms with van der Waals surface area (Å²) in [7, 11) is 0. The number of hydrogen-bond donors (Lipinski definition) is 1. The van der Waals surface area contributed by atoms with Gasteiger partial charge in [0.25, 0.3) is 0 Å². The van der Waals surface area contributed by atoms with Gasteiger partial charge in [0, 0.05) is 18.5 Å². The third kappa shape index (κ3) is 2.94. The number of rotatable bonds is 6. The fraction of sp³-hybridized carbons (Fsp3) is 0.368. The van der Waals surface area contributed by atoms with E-state index in [0.717, 1.165) is 18.9 Å². The highest BCUT2D eigenvalue weighted by Crippen LogP contribution is 2.34. The van der Waals surface area contributed by atoms with Crippen molar-refractivity contribution in [3.63, 3.8) is 0 Å². The van der Waals surface area contributed by atoms with Gasteiger partial charge in [0.2, 0.25) is 0 Å². The monoisotopic (exact) mass is 265 g/mol. The molecule has 0 saturated carbocycles. The van der Waals surface area contributed by atoms with E-state index in [4.69, 9.17) is 0 Å². The fourth-order valence-corrected chi connectivity index (χ4v) is 3.11. The summed E-state index contributed by atoms with van der Waals surface area (Å²) in [4.78, 5) is 0. The van der Waals surface area contributed by atoms with Gasteiger partial charge in [-0.3, -0.25) is 0 Å². The molecule has 0 heterocycles. The molecule has 0 radical (unpaired) electrons. The first kappa shape index (κ1) is 13.4. The summed E-state index contributed by atoms with van der Waals surface area (Å²) in [5.41, 5.74) is 4.52. The maximum Gasteiger partial charge on any atom is 0.0105 e. The highest BCUT2D eigenvalue weighted by Gasteiger charge is 2.25. The van der Waals surface area contributed by atoms with Crippen LogP contribution in [0, 0.1) is 0 Å². The fourth-order valence-electron chi connectivity index (χ4n) is 3.11. The van der Waals surface area contributed by atoms with E-state index in [9.17, 15) is 0 Å². The van der Waals surface area contributed by atoms with Gasteiger partial charge in [-0.05, 0) is 36.0 Å². The predicted octanol–water partition coefficient (Wildman–Crippen LogP) is 3.94. The molecule has 104 valence electrons. The molecule has 1 N–H and O–H groups in total. The van der Waals surface area contributed by atoms with Gasteiger partial charge in [0.1, 0.15) is 0 Å². The van der Waals surface area contributed by atoms with Crippen LogP contribution in [0.5, 0.6) is 0 Å². The van der Waals surface area contributed by atoms with E-state index in [1.54, 1.807) is 5.56 Å². The van der Waals surface area contributed by atoms with Gasteiger partial charge in [-0.2, -0.15) is 0 Å². The molecule has 1 aliphatic carbocycles. The van der Waals surface area contributed by atoms with E-state index in [2.05, 4.69) is 66.8 Å². The van der Waals surface area contributed by atoms with Crippen molar-refractivity contribution in [2.24, 2.45) is 0 Å². The van der Waals surface area contributed by atoms with Crippen molar-refractivity contribution in [2.75, 3.05) is 6.54 Å². The summed E-state index contributed by atoms with van der Waals surface area (Å²) >= 11 is 0. The van der Waals surface area contributed by atoms with Gasteiger partial charge in [0.15, 0.2) is 0 Å². The highest BCUT2D eigenvalue weighted by atomic mass is 14.9. The molecular formula is C19H23N. The van der Waals surface area contributed by atoms with Gasteiger partial charge in [-0.1, -0.05) is 61.5 Å². The lowest BCUT2D eigenvalue weighted by Crippen LogP contribution is -2.37. The van der Waals surface area contributed by atoms with Crippen LogP contribution in [0.2, 0.25) is 0 Å². The van der Waals surface area contributed by atoms with Crippen LogP contribution in [0.4, 0.5) is 0 Å². The van der Waals surface area contributed by atoms with Crippen LogP contribution < -0.4 is 5.32 Å². The first-order chi connectivity index (χ1) is 9.86. The maximum atomic E-state index is 3.76. The van der Waals surface area contributed by atoms with Crippen molar-refractivity contribution >= 4 is 0 Å². The lowest BCUT2D eigenvalue weighted by atomic mass is 9.77. The van der Waals surface area contributed by atoms with Crippen LogP contribution in [-0.2, 0) is 12.8 Å². The Morgan fingerprint density at radius 1 is 1.05 bits per heavy atom. The molecule has 0 saturated heterocycles. The first-order valence-electron chi connectivity index (χ1n) is 7.72. The van der Waals surface area contributed by atoms with Crippen molar-refractivity contribution in [2.45, 2.75) is 38.1 Å². The van der Waals surface area contributed by atoms with Crippen molar-refractivity contribution in [3.05, 3.63) is 71.3 Å². The summed E-state index contributed by atoms with van der Waals surface area (Å²) in [6.45, 7) is 3.39. The Labute approximate surface area is 122 Å². The van der Waals surface area contributed by atoms with Crippen molar-refractivity contribution in [1.82, 2.24) is 5.32 Å². The zero-order valence-corrected chi connectivity index (χ0v) is 12.2. The van der Waals surface area contributed by atoms with Crippen molar-refractivity contribution in [3.8, 4) is 0 Å². The molecule has 0 aromatic heterocycles. The second kappa shape index (κ2) is 6.23. The molecular weight excluding hydrogens is 242 g/mol. The van der Waals surface area contributed by atoms with E-state index in [-0.39, 0.29) is 0 Å². The summed E-state index contributed by atoms with van der Waals surface area (Å²) in [6.07, 6.45) is 3.56. The molecule has 1 aliphatic rings. The molecule has 2 aromatic carbocycles. The lowest BCUT2D eigenvalue weighted by Gasteiger charge is -2.32. The number of nitrogens with one attached hydrogen (secondary N) is 1. The van der Waals surface area contributed by atoms with Gasteiger partial charge in [-0.15, -0.1) is 0 Å². The molecule has 0 aliphatic heterocycles. The second-order valence-electron chi connectivity index (χ2n) is 5.80. The molecule has 0 bridgehead atoms. The molecule has 2 atom stereocenters. The zero-order valence-electron chi connectivity index (χ0n) is 12.2. The predicted molar refractivity (Wildman–Crippen MR) is 85.1 cm³/mol. The van der Waals surface area contributed by atoms with Crippen molar-refractivity contribution < 1.29 is 0 Å². The summed E-state index contributed by atoms with van der Waals surface area (Å²) in [5.74, 6) is 0.719. The normalized spacial score (nSPS) is 18.1. The Morgan fingerprint density at radius 2 is 1.80 bits per heavy atom. The minimum Gasteiger partial charge on any atom is -0.313 e. The Hall–Kier alpha value is -1.60. The average Bonchev–Trinajstić information content (AvgIpc) is 2.48. The molecule has 0 spiro atoms. The van der Waals surface area contributed by atoms with E-state index < -0.39 is 0 Å². The van der Waals surface area contributed by atoms with E-state index in [0.29, 0.717) is 6.04 Å². The Bertz CT molecular complexity index is 547. The summed E-state index contributed by atoms with van der Waals surface area (Å²) < 4.78 is 0. The van der Waals surface area contributed by atoms with E-state index >= 15 is 0 Å². The highest BCUT2D eigenvalue weighted by molar-refractivity contribution is 5.40. The molecule has 1 heteroatoms. The molecule has 20 heavy (non-hydrogen) atoms. The number of benzene rings is 2. The smallest absolute Gasteiger partial charge is 0.0105 e. The van der Waals surface area contributed by atoms with E-state index in [1.807, 2.05) is 0 Å². The zero-order chi connectivity index (χ0) is 13.8. The Balaban J connectivity index is 1.53. The van der Waals surface area contributed by atoms with Crippen molar-refractivity contribution in [1.29, 1.82) is 0 Å². The van der Waals surface area contributed by atoms with Gasteiger partial charge in [0.05, 0.1) is 0 Å².